The number of anilines is 1. The molecule has 0 unspecified atom stereocenters. The fraction of sp³-hybridized carbons (Fsp3) is 0.308. The Kier molecular flexibility index (Phi) is 6.97. The van der Waals surface area contributed by atoms with E-state index in [1.54, 1.807) is 38.8 Å². The topological polar surface area (TPSA) is 115 Å². The smallest absolute Gasteiger partial charge is 0.251 e. The molecule has 4 rings (SSSR count). The summed E-state index contributed by atoms with van der Waals surface area (Å²) >= 11 is 0. The summed E-state index contributed by atoms with van der Waals surface area (Å²) in [6, 6.07) is 9.54. The van der Waals surface area contributed by atoms with Crippen LogP contribution < -0.4 is 10.6 Å². The van der Waals surface area contributed by atoms with Gasteiger partial charge in [0.1, 0.15) is 17.7 Å². The molecule has 0 aliphatic rings. The van der Waals surface area contributed by atoms with Crippen LogP contribution in [0.2, 0.25) is 0 Å². The number of pyridine rings is 1. The average molecular weight is 472 g/mol. The molecule has 0 aliphatic carbocycles. The molecule has 0 saturated heterocycles. The van der Waals surface area contributed by atoms with Crippen LogP contribution in [0.15, 0.2) is 55.2 Å². The highest BCUT2D eigenvalue weighted by Gasteiger charge is 2.23. The molecule has 3 heterocycles. The summed E-state index contributed by atoms with van der Waals surface area (Å²) in [4.78, 5) is 34.5. The zero-order valence-electron chi connectivity index (χ0n) is 20.5. The fourth-order valence-electron chi connectivity index (χ4n) is 3.77. The van der Waals surface area contributed by atoms with E-state index in [4.69, 9.17) is 4.74 Å². The van der Waals surface area contributed by atoms with Crippen LogP contribution in [0.1, 0.15) is 48.4 Å². The molecule has 0 fully saturated rings. The molecule has 0 radical (unpaired) electrons. The zero-order chi connectivity index (χ0) is 25.0. The molecule has 2 N–H and O–H groups in total. The van der Waals surface area contributed by atoms with Crippen LogP contribution in [0.25, 0.3) is 22.2 Å². The van der Waals surface area contributed by atoms with E-state index in [1.165, 1.54) is 6.33 Å². The second-order valence-corrected chi connectivity index (χ2v) is 8.76. The molecular weight excluding hydrogens is 442 g/mol. The van der Waals surface area contributed by atoms with Crippen molar-refractivity contribution in [3.05, 3.63) is 72.2 Å². The predicted octanol–water partition coefficient (Wildman–Crippen LogP) is 3.94. The van der Waals surface area contributed by atoms with Crippen molar-refractivity contribution < 1.29 is 9.53 Å². The number of benzene rings is 1. The number of aromatic nitrogens is 5. The number of hydrogen-bond acceptors (Lipinski definition) is 8. The number of nitrogens with one attached hydrogen (secondary N) is 2. The molecule has 0 bridgehead atoms. The number of para-hydroxylation sites is 1. The van der Waals surface area contributed by atoms with E-state index < -0.39 is 5.60 Å². The monoisotopic (exact) mass is 471 g/mol. The highest BCUT2D eigenvalue weighted by molar-refractivity contribution is 6.06. The molecule has 1 aromatic carbocycles. The van der Waals surface area contributed by atoms with Gasteiger partial charge in [-0.25, -0.2) is 19.9 Å². The summed E-state index contributed by atoms with van der Waals surface area (Å²) in [6.45, 7) is 6.57. The SMILES string of the molecule is CNC(=O)c1ccnc2c([C@H](C)CNc3cc(-c4cnc(C(C)(C)OC)nc4)ncn3)cccc12. The van der Waals surface area contributed by atoms with Gasteiger partial charge in [0.2, 0.25) is 0 Å². The Morgan fingerprint density at radius 3 is 2.57 bits per heavy atom. The number of rotatable bonds is 8. The molecule has 1 amide bonds. The lowest BCUT2D eigenvalue weighted by molar-refractivity contribution is 0.0115. The number of fused-ring (bicyclic) bond motifs is 1. The summed E-state index contributed by atoms with van der Waals surface area (Å²) < 4.78 is 5.44. The Morgan fingerprint density at radius 1 is 1.09 bits per heavy atom. The van der Waals surface area contributed by atoms with Crippen molar-refractivity contribution in [3.63, 3.8) is 0 Å². The molecule has 9 heteroatoms. The zero-order valence-corrected chi connectivity index (χ0v) is 20.5. The highest BCUT2D eigenvalue weighted by atomic mass is 16.5. The van der Waals surface area contributed by atoms with E-state index in [0.29, 0.717) is 23.8 Å². The number of ether oxygens (including phenoxy) is 1. The molecule has 3 aromatic heterocycles. The molecule has 35 heavy (non-hydrogen) atoms. The van der Waals surface area contributed by atoms with Crippen molar-refractivity contribution in [2.24, 2.45) is 0 Å². The van der Waals surface area contributed by atoms with E-state index in [-0.39, 0.29) is 11.8 Å². The van der Waals surface area contributed by atoms with E-state index in [0.717, 1.165) is 27.7 Å². The number of carbonyl (C=O) groups excluding carboxylic acids is 1. The van der Waals surface area contributed by atoms with Crippen LogP contribution in [-0.2, 0) is 10.3 Å². The first kappa shape index (κ1) is 24.2. The third-order valence-corrected chi connectivity index (χ3v) is 6.06. The molecule has 9 nitrogen and oxygen atoms in total. The van der Waals surface area contributed by atoms with Crippen molar-refractivity contribution in [2.75, 3.05) is 26.0 Å². The average Bonchev–Trinajstić information content (AvgIpc) is 2.90. The molecule has 0 saturated carbocycles. The summed E-state index contributed by atoms with van der Waals surface area (Å²) in [6.07, 6.45) is 6.67. The van der Waals surface area contributed by atoms with Gasteiger partial charge in [-0.05, 0) is 25.5 Å². The van der Waals surface area contributed by atoms with Crippen LogP contribution in [0, 0.1) is 0 Å². The second kappa shape index (κ2) is 10.1. The van der Waals surface area contributed by atoms with Crippen molar-refractivity contribution in [1.82, 2.24) is 30.2 Å². The van der Waals surface area contributed by atoms with Gasteiger partial charge >= 0.3 is 0 Å². The third-order valence-electron chi connectivity index (χ3n) is 6.06. The Morgan fingerprint density at radius 2 is 1.86 bits per heavy atom. The van der Waals surface area contributed by atoms with Gasteiger partial charge in [0.25, 0.3) is 5.91 Å². The Hall–Kier alpha value is -3.98. The van der Waals surface area contributed by atoms with E-state index in [2.05, 4.69) is 42.5 Å². The third kappa shape index (κ3) is 5.09. The van der Waals surface area contributed by atoms with Crippen LogP contribution in [0.5, 0.6) is 0 Å². The molecular formula is C26H29N7O2. The second-order valence-electron chi connectivity index (χ2n) is 8.76. The minimum atomic E-state index is -0.565. The van der Waals surface area contributed by atoms with Gasteiger partial charge in [-0.1, -0.05) is 25.1 Å². The molecule has 4 aromatic rings. The lowest BCUT2D eigenvalue weighted by Gasteiger charge is -2.20. The summed E-state index contributed by atoms with van der Waals surface area (Å²) in [5.41, 5.74) is 3.44. The van der Waals surface area contributed by atoms with E-state index in [1.807, 2.05) is 38.1 Å². The van der Waals surface area contributed by atoms with E-state index in [9.17, 15) is 4.79 Å². The van der Waals surface area contributed by atoms with Gasteiger partial charge in [-0.3, -0.25) is 9.78 Å². The molecule has 1 atom stereocenters. The lowest BCUT2D eigenvalue weighted by atomic mass is 9.96. The standard InChI is InChI=1S/C26H29N7O2/c1-16(18-7-6-8-19-20(24(34)27-4)9-10-28-23(18)19)12-29-22-11-21(32-15-33-22)17-13-30-25(31-14-17)26(2,3)35-5/h6-11,13-16H,12H2,1-5H3,(H,27,34)(H,29,32,33)/t16-/m1/s1. The first-order valence-corrected chi connectivity index (χ1v) is 11.4. The van der Waals surface area contributed by atoms with Gasteiger partial charge in [0, 0.05) is 62.2 Å². The minimum Gasteiger partial charge on any atom is -0.371 e. The summed E-state index contributed by atoms with van der Waals surface area (Å²) in [7, 11) is 3.26. The highest BCUT2D eigenvalue weighted by Crippen LogP contribution is 2.27. The van der Waals surface area contributed by atoms with Gasteiger partial charge < -0.3 is 15.4 Å². The molecule has 180 valence electrons. The maximum Gasteiger partial charge on any atom is 0.251 e. The van der Waals surface area contributed by atoms with Gasteiger partial charge in [-0.15, -0.1) is 0 Å². The van der Waals surface area contributed by atoms with Crippen molar-refractivity contribution in [2.45, 2.75) is 32.3 Å². The fourth-order valence-corrected chi connectivity index (χ4v) is 3.77. The first-order valence-electron chi connectivity index (χ1n) is 11.4. The maximum absolute atomic E-state index is 12.3. The van der Waals surface area contributed by atoms with Crippen LogP contribution >= 0.6 is 0 Å². The summed E-state index contributed by atoms with van der Waals surface area (Å²) in [5, 5.41) is 6.92. The minimum absolute atomic E-state index is 0.114. The van der Waals surface area contributed by atoms with Crippen molar-refractivity contribution >= 4 is 22.6 Å². The van der Waals surface area contributed by atoms with Crippen molar-refractivity contribution in [3.8, 4) is 11.3 Å². The summed E-state index contributed by atoms with van der Waals surface area (Å²) in [5.74, 6) is 1.29. The van der Waals surface area contributed by atoms with Gasteiger partial charge in [0.05, 0.1) is 16.8 Å². The quantitative estimate of drug-likeness (QED) is 0.397. The van der Waals surface area contributed by atoms with Crippen LogP contribution in [0.3, 0.4) is 0 Å². The number of carbonyl (C=O) groups is 1. The normalized spacial score (nSPS) is 12.4. The van der Waals surface area contributed by atoms with Gasteiger partial charge in [-0.2, -0.15) is 0 Å². The first-order chi connectivity index (χ1) is 16.8. The maximum atomic E-state index is 12.3. The largest absolute Gasteiger partial charge is 0.371 e. The Labute approximate surface area is 204 Å². The number of hydrogen-bond donors (Lipinski definition) is 2. The predicted molar refractivity (Wildman–Crippen MR) is 135 cm³/mol. The van der Waals surface area contributed by atoms with Crippen LogP contribution in [0.4, 0.5) is 5.82 Å². The number of methoxy groups -OCH3 is 1. The lowest BCUT2D eigenvalue weighted by Crippen LogP contribution is -2.22. The van der Waals surface area contributed by atoms with Crippen molar-refractivity contribution in [1.29, 1.82) is 0 Å². The van der Waals surface area contributed by atoms with E-state index >= 15 is 0 Å². The number of nitrogens with zero attached hydrogens (tertiary/aromatic N) is 5. The Balaban J connectivity index is 1.52. The Bertz CT molecular complexity index is 1340. The molecule has 0 spiro atoms. The van der Waals surface area contributed by atoms with Crippen LogP contribution in [-0.4, -0.2) is 51.5 Å². The molecule has 0 aliphatic heterocycles. The number of amides is 1. The van der Waals surface area contributed by atoms with Gasteiger partial charge in [0.15, 0.2) is 5.82 Å².